The second-order valence-electron chi connectivity index (χ2n) is 8.64. The van der Waals surface area contributed by atoms with Crippen molar-refractivity contribution in [3.8, 4) is 22.5 Å². The molecular weight excluding hydrogens is 492 g/mol. The van der Waals surface area contributed by atoms with Crippen LogP contribution in [-0.4, -0.2) is 76.3 Å². The Bertz CT molecular complexity index is 1170. The molecule has 0 saturated heterocycles. The van der Waals surface area contributed by atoms with E-state index in [0.29, 0.717) is 24.2 Å². The molecule has 10 heteroatoms. The lowest BCUT2D eigenvalue weighted by atomic mass is 10.0. The van der Waals surface area contributed by atoms with Gasteiger partial charge in [-0.25, -0.2) is 9.59 Å². The first-order chi connectivity index (χ1) is 18.2. The molecule has 206 valence electrons. The molecule has 2 aromatic heterocycles. The molecule has 0 N–H and O–H groups in total. The van der Waals surface area contributed by atoms with Crippen molar-refractivity contribution < 1.29 is 38.0 Å². The van der Waals surface area contributed by atoms with Gasteiger partial charge in [-0.2, -0.15) is 0 Å². The summed E-state index contributed by atoms with van der Waals surface area (Å²) in [6, 6.07) is 11.4. The molecule has 0 amide bonds. The maximum Gasteiger partial charge on any atom is 0.339 e. The fraction of sp³-hybridized carbons (Fsp3) is 0.429. The van der Waals surface area contributed by atoms with Crippen molar-refractivity contribution in [2.24, 2.45) is 0 Å². The molecule has 0 spiro atoms. The summed E-state index contributed by atoms with van der Waals surface area (Å²) in [7, 11) is 8.98. The van der Waals surface area contributed by atoms with Gasteiger partial charge in [-0.05, 0) is 43.2 Å². The standard InChI is InChI=1S/C28H36N2O8/c1-17-21(27(31)37-7)13-23(29(17)15-25(33-3)34-4)19-10-9-11-20(12-19)24-14-22(28(32)38-8)18(2)30(24)16-26(35-5)36-6/h9-14,25-26H,15-16H2,1-8H3. The summed E-state index contributed by atoms with van der Waals surface area (Å²) in [5.74, 6) is -0.857. The lowest BCUT2D eigenvalue weighted by molar-refractivity contribution is -0.111. The van der Waals surface area contributed by atoms with Gasteiger partial charge in [0.2, 0.25) is 0 Å². The van der Waals surface area contributed by atoms with E-state index in [4.69, 9.17) is 28.4 Å². The van der Waals surface area contributed by atoms with Crippen molar-refractivity contribution in [2.75, 3.05) is 42.7 Å². The monoisotopic (exact) mass is 528 g/mol. The second kappa shape index (κ2) is 12.9. The van der Waals surface area contributed by atoms with Crippen LogP contribution in [0.15, 0.2) is 36.4 Å². The highest BCUT2D eigenvalue weighted by Gasteiger charge is 2.24. The maximum atomic E-state index is 12.5. The zero-order valence-corrected chi connectivity index (χ0v) is 23.2. The van der Waals surface area contributed by atoms with Crippen molar-refractivity contribution in [1.82, 2.24) is 9.13 Å². The fourth-order valence-corrected chi connectivity index (χ4v) is 4.50. The van der Waals surface area contributed by atoms with Crippen LogP contribution in [0.4, 0.5) is 0 Å². The number of nitrogens with zero attached hydrogens (tertiary/aromatic N) is 2. The van der Waals surface area contributed by atoms with Crippen molar-refractivity contribution in [1.29, 1.82) is 0 Å². The Balaban J connectivity index is 2.19. The van der Waals surface area contributed by atoms with Gasteiger partial charge < -0.3 is 37.6 Å². The number of aromatic nitrogens is 2. The smallest absolute Gasteiger partial charge is 0.339 e. The van der Waals surface area contributed by atoms with Crippen molar-refractivity contribution in [3.05, 3.63) is 58.9 Å². The molecule has 0 atom stereocenters. The van der Waals surface area contributed by atoms with Gasteiger partial charge in [0, 0.05) is 51.2 Å². The minimum absolute atomic E-state index is 0.362. The Morgan fingerprint density at radius 2 is 1.03 bits per heavy atom. The Kier molecular flexibility index (Phi) is 9.87. The van der Waals surface area contributed by atoms with Crippen LogP contribution in [0.25, 0.3) is 22.5 Å². The lowest BCUT2D eigenvalue weighted by Gasteiger charge is -2.20. The zero-order chi connectivity index (χ0) is 28.0. The van der Waals surface area contributed by atoms with Crippen molar-refractivity contribution in [2.45, 2.75) is 39.5 Å². The summed E-state index contributed by atoms with van der Waals surface area (Å²) < 4.78 is 35.7. The molecule has 0 saturated carbocycles. The summed E-state index contributed by atoms with van der Waals surface area (Å²) in [5, 5.41) is 0. The van der Waals surface area contributed by atoms with E-state index in [0.717, 1.165) is 33.9 Å². The Labute approximate surface area is 222 Å². The van der Waals surface area contributed by atoms with Gasteiger partial charge in [0.25, 0.3) is 0 Å². The first-order valence-electron chi connectivity index (χ1n) is 12.0. The molecule has 3 rings (SSSR count). The van der Waals surface area contributed by atoms with Crippen molar-refractivity contribution >= 4 is 11.9 Å². The zero-order valence-electron chi connectivity index (χ0n) is 23.2. The van der Waals surface area contributed by atoms with E-state index < -0.39 is 24.5 Å². The number of hydrogen-bond donors (Lipinski definition) is 0. The minimum atomic E-state index is -0.518. The van der Waals surface area contributed by atoms with Gasteiger partial charge in [-0.1, -0.05) is 18.2 Å². The first-order valence-corrected chi connectivity index (χ1v) is 12.0. The van der Waals surface area contributed by atoms with Gasteiger partial charge in [0.1, 0.15) is 0 Å². The highest BCUT2D eigenvalue weighted by Crippen LogP contribution is 2.33. The highest BCUT2D eigenvalue weighted by atomic mass is 16.7. The molecule has 38 heavy (non-hydrogen) atoms. The molecule has 3 aromatic rings. The third-order valence-electron chi connectivity index (χ3n) is 6.71. The number of benzene rings is 1. The summed E-state index contributed by atoms with van der Waals surface area (Å²) in [5.41, 5.74) is 5.65. The molecule has 0 radical (unpaired) electrons. The molecule has 10 nitrogen and oxygen atoms in total. The predicted molar refractivity (Wildman–Crippen MR) is 141 cm³/mol. The number of esters is 2. The predicted octanol–water partition coefficient (Wildman–Crippen LogP) is 4.05. The van der Waals surface area contributed by atoms with Gasteiger partial charge in [0.05, 0.1) is 38.4 Å². The third-order valence-corrected chi connectivity index (χ3v) is 6.71. The topological polar surface area (TPSA) is 99.4 Å². The highest BCUT2D eigenvalue weighted by molar-refractivity contribution is 5.94. The average Bonchev–Trinajstić information content (AvgIpc) is 3.45. The molecule has 2 heterocycles. The number of rotatable bonds is 12. The van der Waals surface area contributed by atoms with E-state index in [1.807, 2.05) is 47.2 Å². The number of carbonyl (C=O) groups is 2. The van der Waals surface area contributed by atoms with E-state index in [9.17, 15) is 9.59 Å². The van der Waals surface area contributed by atoms with Gasteiger partial charge in [-0.3, -0.25) is 0 Å². The molecule has 0 fully saturated rings. The van der Waals surface area contributed by atoms with E-state index in [2.05, 4.69) is 0 Å². The normalized spacial score (nSPS) is 11.4. The summed E-state index contributed by atoms with van der Waals surface area (Å²) in [6.45, 7) is 4.44. The maximum absolute atomic E-state index is 12.5. The van der Waals surface area contributed by atoms with E-state index in [1.165, 1.54) is 14.2 Å². The third kappa shape index (κ3) is 5.83. The van der Waals surface area contributed by atoms with Crippen molar-refractivity contribution in [3.63, 3.8) is 0 Å². The van der Waals surface area contributed by atoms with Crippen LogP contribution < -0.4 is 0 Å². The first kappa shape index (κ1) is 29.1. The van der Waals surface area contributed by atoms with Gasteiger partial charge in [-0.15, -0.1) is 0 Å². The van der Waals surface area contributed by atoms with E-state index >= 15 is 0 Å². The van der Waals surface area contributed by atoms with E-state index in [1.54, 1.807) is 40.6 Å². The quantitative estimate of drug-likeness (QED) is 0.256. The largest absolute Gasteiger partial charge is 0.465 e. The Morgan fingerprint density at radius 1 is 0.658 bits per heavy atom. The average molecular weight is 529 g/mol. The molecule has 0 aliphatic heterocycles. The van der Waals surface area contributed by atoms with Gasteiger partial charge >= 0.3 is 11.9 Å². The second-order valence-corrected chi connectivity index (χ2v) is 8.64. The van der Waals surface area contributed by atoms with Crippen LogP contribution in [0.2, 0.25) is 0 Å². The van der Waals surface area contributed by atoms with Crippen LogP contribution in [-0.2, 0) is 41.5 Å². The minimum Gasteiger partial charge on any atom is -0.465 e. The number of ether oxygens (including phenoxy) is 6. The molecule has 0 aliphatic rings. The van der Waals surface area contributed by atoms with Crippen LogP contribution in [0.5, 0.6) is 0 Å². The summed E-state index contributed by atoms with van der Waals surface area (Å²) in [4.78, 5) is 25.0. The molecule has 0 bridgehead atoms. The van der Waals surface area contributed by atoms with Crippen LogP contribution in [0.3, 0.4) is 0 Å². The number of methoxy groups -OCH3 is 6. The molecule has 0 unspecified atom stereocenters. The SMILES string of the molecule is COC(=O)c1cc(-c2cccc(-c3cc(C(=O)OC)c(C)n3CC(OC)OC)c2)n(CC(OC)OC)c1C. The Morgan fingerprint density at radius 3 is 1.34 bits per heavy atom. The van der Waals surface area contributed by atoms with Crippen LogP contribution in [0.1, 0.15) is 32.1 Å². The summed E-state index contributed by atoms with van der Waals surface area (Å²) >= 11 is 0. The molecular formula is C28H36N2O8. The fourth-order valence-electron chi connectivity index (χ4n) is 4.50. The van der Waals surface area contributed by atoms with Crippen LogP contribution in [0, 0.1) is 13.8 Å². The van der Waals surface area contributed by atoms with E-state index in [-0.39, 0.29) is 0 Å². The van der Waals surface area contributed by atoms with Crippen LogP contribution >= 0.6 is 0 Å². The number of hydrogen-bond acceptors (Lipinski definition) is 8. The summed E-state index contributed by atoms with van der Waals surface area (Å²) in [6.07, 6.45) is -1.04. The Hall–Kier alpha value is -3.44. The molecule has 1 aromatic carbocycles. The van der Waals surface area contributed by atoms with Gasteiger partial charge in [0.15, 0.2) is 12.6 Å². The number of carbonyl (C=O) groups excluding carboxylic acids is 2. The lowest BCUT2D eigenvalue weighted by Crippen LogP contribution is -2.22. The molecule has 0 aliphatic carbocycles.